The SMILES string of the molecule is COC(=O)N[C@H](C(=O)N1CCC[C@H]1c1nc2ccc([C@H]3CC[C@H](c4ccc5nc([C@@H]6CCCN6C(=O)[C@H](C(C)C)N(C)C(=O)O)[nH]c5c4)N3c3cc(F)c(N4Cc5ccccc5C4)c(F)c3)cc2[nH]1)C(C)C. The van der Waals surface area contributed by atoms with E-state index in [1.165, 1.54) is 26.3 Å². The van der Waals surface area contributed by atoms with Crippen LogP contribution in [0.1, 0.15) is 124 Å². The van der Waals surface area contributed by atoms with Crippen LogP contribution in [-0.2, 0) is 27.4 Å². The van der Waals surface area contributed by atoms with Gasteiger partial charge in [0.05, 0.1) is 53.3 Å². The number of fused-ring (bicyclic) bond motifs is 3. The number of aromatic amines is 2. The number of aromatic nitrogens is 4. The lowest BCUT2D eigenvalue weighted by atomic mass is 10.0. The molecule has 10 rings (SSSR count). The van der Waals surface area contributed by atoms with Crippen LogP contribution in [0.15, 0.2) is 72.8 Å². The van der Waals surface area contributed by atoms with Crippen molar-refractivity contribution in [1.29, 1.82) is 0 Å². The van der Waals surface area contributed by atoms with Crippen molar-refractivity contribution >= 4 is 57.4 Å². The van der Waals surface area contributed by atoms with Gasteiger partial charge in [0.25, 0.3) is 0 Å². The molecule has 6 aromatic rings. The van der Waals surface area contributed by atoms with Gasteiger partial charge in [0.1, 0.15) is 29.4 Å². The number of imidazole rings is 2. The highest BCUT2D eigenvalue weighted by Gasteiger charge is 2.42. The van der Waals surface area contributed by atoms with E-state index in [1.807, 2.05) is 88.4 Å². The number of hydrogen-bond donors (Lipinski definition) is 4. The van der Waals surface area contributed by atoms with E-state index in [2.05, 4.69) is 20.2 Å². The van der Waals surface area contributed by atoms with Crippen LogP contribution in [-0.4, -0.2) is 103 Å². The Morgan fingerprint density at radius 3 is 1.71 bits per heavy atom. The summed E-state index contributed by atoms with van der Waals surface area (Å²) < 4.78 is 38.2. The van der Waals surface area contributed by atoms with Gasteiger partial charge in [0.2, 0.25) is 11.8 Å². The van der Waals surface area contributed by atoms with E-state index in [4.69, 9.17) is 14.7 Å². The number of likely N-dealkylation sites (N-methyl/N-ethyl adjacent to an activating group) is 1. The Kier molecular flexibility index (Phi) is 13.0. The number of alkyl carbamates (subject to hydrolysis) is 1. The number of carboxylic acid groups (broad SMARTS) is 1. The fourth-order valence-electron chi connectivity index (χ4n) is 11.8. The summed E-state index contributed by atoms with van der Waals surface area (Å²) in [6, 6.07) is 19.8. The minimum Gasteiger partial charge on any atom is -0.465 e. The number of nitrogens with zero attached hydrogens (tertiary/aromatic N) is 7. The average molecular weight is 985 g/mol. The molecule has 3 fully saturated rings. The summed E-state index contributed by atoms with van der Waals surface area (Å²) in [5.41, 5.74) is 7.19. The first kappa shape index (κ1) is 48.4. The Balaban J connectivity index is 0.980. The summed E-state index contributed by atoms with van der Waals surface area (Å²) in [7, 11) is 2.70. The summed E-state index contributed by atoms with van der Waals surface area (Å²) in [4.78, 5) is 77.6. The molecule has 4 aliphatic rings. The second-order valence-electron chi connectivity index (χ2n) is 20.5. The van der Waals surface area contributed by atoms with Gasteiger partial charge in [-0.2, -0.15) is 0 Å². The van der Waals surface area contributed by atoms with Gasteiger partial charge in [-0.15, -0.1) is 0 Å². The molecule has 72 heavy (non-hydrogen) atoms. The van der Waals surface area contributed by atoms with Crippen molar-refractivity contribution < 1.29 is 37.8 Å². The van der Waals surface area contributed by atoms with E-state index in [0.717, 1.165) is 51.0 Å². The number of amides is 4. The maximum absolute atomic E-state index is 16.7. The molecule has 378 valence electrons. The zero-order valence-corrected chi connectivity index (χ0v) is 41.5. The topological polar surface area (TPSA) is 183 Å². The van der Waals surface area contributed by atoms with Crippen molar-refractivity contribution in [2.24, 2.45) is 11.8 Å². The van der Waals surface area contributed by atoms with Gasteiger partial charge >= 0.3 is 12.2 Å². The van der Waals surface area contributed by atoms with Crippen molar-refractivity contribution in [3.05, 3.63) is 118 Å². The van der Waals surface area contributed by atoms with Crippen LogP contribution in [0.5, 0.6) is 0 Å². The molecule has 6 heterocycles. The van der Waals surface area contributed by atoms with E-state index in [-0.39, 0.29) is 53.5 Å². The smallest absolute Gasteiger partial charge is 0.407 e. The van der Waals surface area contributed by atoms with Gasteiger partial charge in [-0.25, -0.2) is 28.3 Å². The molecule has 0 saturated carbocycles. The number of likely N-dealkylation sites (tertiary alicyclic amines) is 2. The van der Waals surface area contributed by atoms with Crippen LogP contribution >= 0.6 is 0 Å². The predicted octanol–water partition coefficient (Wildman–Crippen LogP) is 9.66. The number of ether oxygens (including phenoxy) is 1. The molecule has 0 spiro atoms. The molecule has 6 atom stereocenters. The van der Waals surface area contributed by atoms with Gasteiger partial charge in [-0.1, -0.05) is 64.1 Å². The fraction of sp³-hybridized carbons (Fsp3) is 0.444. The highest BCUT2D eigenvalue weighted by molar-refractivity contribution is 5.87. The number of hydrogen-bond acceptors (Lipinski definition) is 9. The second kappa shape index (κ2) is 19.4. The van der Waals surface area contributed by atoms with Gasteiger partial charge < -0.3 is 44.7 Å². The maximum atomic E-state index is 16.7. The first-order valence-corrected chi connectivity index (χ1v) is 25.1. The minimum absolute atomic E-state index is 0.0611. The fourth-order valence-corrected chi connectivity index (χ4v) is 11.8. The lowest BCUT2D eigenvalue weighted by molar-refractivity contribution is -0.138. The zero-order chi connectivity index (χ0) is 50.7. The summed E-state index contributed by atoms with van der Waals surface area (Å²) >= 11 is 0. The molecule has 0 aliphatic carbocycles. The predicted molar refractivity (Wildman–Crippen MR) is 268 cm³/mol. The van der Waals surface area contributed by atoms with Gasteiger partial charge in [0, 0.05) is 38.9 Å². The van der Waals surface area contributed by atoms with Crippen molar-refractivity contribution in [2.45, 2.75) is 116 Å². The lowest BCUT2D eigenvalue weighted by Gasteiger charge is -2.34. The van der Waals surface area contributed by atoms with Crippen molar-refractivity contribution in [2.75, 3.05) is 37.0 Å². The van der Waals surface area contributed by atoms with Crippen LogP contribution in [0.4, 0.5) is 29.7 Å². The van der Waals surface area contributed by atoms with Crippen LogP contribution in [0.2, 0.25) is 0 Å². The molecule has 0 bridgehead atoms. The van der Waals surface area contributed by atoms with Crippen LogP contribution < -0.4 is 15.1 Å². The number of methoxy groups -OCH3 is 1. The van der Waals surface area contributed by atoms with Crippen LogP contribution in [0.25, 0.3) is 22.1 Å². The van der Waals surface area contributed by atoms with Crippen molar-refractivity contribution in [3.8, 4) is 0 Å². The van der Waals surface area contributed by atoms with Gasteiger partial charge in [-0.05, 0) is 109 Å². The highest BCUT2D eigenvalue weighted by atomic mass is 19.1. The first-order chi connectivity index (χ1) is 34.6. The third kappa shape index (κ3) is 8.82. The lowest BCUT2D eigenvalue weighted by Crippen LogP contribution is -2.51. The molecular formula is C54H62F2N10O6. The molecular weight excluding hydrogens is 923 g/mol. The molecule has 4 amide bonds. The Bertz CT molecular complexity index is 3020. The maximum Gasteiger partial charge on any atom is 0.407 e. The Morgan fingerprint density at radius 2 is 1.24 bits per heavy atom. The first-order valence-electron chi connectivity index (χ1n) is 25.1. The zero-order valence-electron chi connectivity index (χ0n) is 41.5. The largest absolute Gasteiger partial charge is 0.465 e. The normalized spacial score (nSPS) is 20.8. The van der Waals surface area contributed by atoms with Crippen molar-refractivity contribution in [3.63, 3.8) is 0 Å². The molecule has 0 radical (unpaired) electrons. The Labute approximate surface area is 416 Å². The molecule has 4 aliphatic heterocycles. The molecule has 2 aromatic heterocycles. The van der Waals surface area contributed by atoms with Crippen LogP contribution in [0.3, 0.4) is 0 Å². The molecule has 3 saturated heterocycles. The molecule has 16 nitrogen and oxygen atoms in total. The van der Waals surface area contributed by atoms with E-state index in [9.17, 15) is 24.3 Å². The third-order valence-electron chi connectivity index (χ3n) is 15.4. The number of carbonyl (C=O) groups is 4. The monoisotopic (exact) mass is 984 g/mol. The minimum atomic E-state index is -1.17. The Morgan fingerprint density at radius 1 is 0.722 bits per heavy atom. The number of carbonyl (C=O) groups excluding carboxylic acids is 3. The number of H-pyrrole nitrogens is 2. The van der Waals surface area contributed by atoms with E-state index in [1.54, 1.807) is 14.7 Å². The second-order valence-corrected chi connectivity index (χ2v) is 20.5. The number of rotatable bonds is 12. The highest BCUT2D eigenvalue weighted by Crippen LogP contribution is 2.49. The molecule has 4 aromatic carbocycles. The molecule has 4 N–H and O–H groups in total. The van der Waals surface area contributed by atoms with Gasteiger partial charge in [0.15, 0.2) is 11.6 Å². The Hall–Kier alpha value is -7.24. The summed E-state index contributed by atoms with van der Waals surface area (Å²) in [6.07, 6.45) is 2.36. The van der Waals surface area contributed by atoms with E-state index in [0.29, 0.717) is 80.2 Å². The third-order valence-corrected chi connectivity index (χ3v) is 15.4. The summed E-state index contributed by atoms with van der Waals surface area (Å²) in [5, 5.41) is 12.5. The van der Waals surface area contributed by atoms with E-state index < -0.39 is 35.9 Å². The van der Waals surface area contributed by atoms with Gasteiger partial charge in [-0.3, -0.25) is 14.5 Å². The number of benzene rings is 4. The van der Waals surface area contributed by atoms with Crippen molar-refractivity contribution in [1.82, 2.24) is 40.0 Å². The summed E-state index contributed by atoms with van der Waals surface area (Å²) in [6.45, 7) is 9.24. The standard InChI is InChI=1S/C54H62F2N10O6/c1-29(2)46(61-53(69)72-6)51(67)64-21-9-13-44(64)49-57-38-17-15-31(23-40(38)59-49)42-19-20-43(66(42)35-25-36(55)48(37(56)26-35)63-27-33-11-7-8-12-34(33)28-63)32-16-18-39-41(24-32)60-50(58-39)45-14-10-22-65(45)52(68)47(30(3)4)62(5)54(70)71/h7-8,11-12,15-18,23-26,29-30,42-47H,9-10,13-14,19-22,27-28H2,1-6H3,(H,57,59)(H,58,60)(H,61,69)(H,70,71)/t42-,43-,44+,45+,46+,47+/m1/s1. The average Bonchev–Trinajstić information content (AvgIpc) is 4.22. The molecule has 18 heteroatoms. The number of halogens is 2. The number of nitrogens with one attached hydrogen (secondary N) is 3. The van der Waals surface area contributed by atoms with Crippen LogP contribution in [0, 0.1) is 23.5 Å². The molecule has 0 unspecified atom stereocenters. The summed E-state index contributed by atoms with van der Waals surface area (Å²) in [5.74, 6) is -0.909. The number of anilines is 2. The van der Waals surface area contributed by atoms with E-state index >= 15 is 8.78 Å². The quantitative estimate of drug-likeness (QED) is 0.0921.